The lowest BCUT2D eigenvalue weighted by molar-refractivity contribution is -0.166. The molecule has 1 aromatic rings. The summed E-state index contributed by atoms with van der Waals surface area (Å²) in [6.07, 6.45) is -0.103. The number of hydrogen-bond donors (Lipinski definition) is 0. The zero-order valence-electron chi connectivity index (χ0n) is 16.9. The molecular formula is C18H24N2O8S. The highest BCUT2D eigenvalue weighted by Gasteiger charge is 2.51. The molecule has 11 heteroatoms. The van der Waals surface area contributed by atoms with Crippen LogP contribution >= 0.6 is 11.8 Å². The molecule has 2 heterocycles. The van der Waals surface area contributed by atoms with E-state index < -0.39 is 42.4 Å². The minimum Gasteiger partial charge on any atom is -0.463 e. The van der Waals surface area contributed by atoms with Crippen molar-refractivity contribution in [1.29, 1.82) is 0 Å². The summed E-state index contributed by atoms with van der Waals surface area (Å²) in [5.41, 5.74) is 0.0866. The van der Waals surface area contributed by atoms with Crippen LogP contribution in [-0.2, 0) is 39.8 Å². The van der Waals surface area contributed by atoms with Crippen molar-refractivity contribution >= 4 is 29.7 Å². The van der Waals surface area contributed by atoms with Crippen molar-refractivity contribution in [2.24, 2.45) is 0 Å². The van der Waals surface area contributed by atoms with Crippen LogP contribution in [0.3, 0.4) is 0 Å². The molecule has 29 heavy (non-hydrogen) atoms. The van der Waals surface area contributed by atoms with E-state index in [1.165, 1.54) is 32.5 Å². The van der Waals surface area contributed by atoms with Crippen molar-refractivity contribution in [3.05, 3.63) is 22.1 Å². The van der Waals surface area contributed by atoms with Crippen LogP contribution in [0.25, 0.3) is 0 Å². The van der Waals surface area contributed by atoms with Gasteiger partial charge in [0.25, 0.3) is 5.56 Å². The van der Waals surface area contributed by atoms with Crippen LogP contribution in [0.5, 0.6) is 0 Å². The summed E-state index contributed by atoms with van der Waals surface area (Å²) < 4.78 is 23.3. The summed E-state index contributed by atoms with van der Waals surface area (Å²) in [6, 6.07) is 0. The summed E-state index contributed by atoms with van der Waals surface area (Å²) in [5, 5.41) is 0.337. The molecule has 2 rings (SSSR count). The number of aromatic nitrogens is 2. The van der Waals surface area contributed by atoms with E-state index in [0.717, 1.165) is 0 Å². The molecule has 1 aromatic heterocycles. The first-order chi connectivity index (χ1) is 13.7. The smallest absolute Gasteiger partial charge is 0.303 e. The van der Waals surface area contributed by atoms with Crippen molar-refractivity contribution in [2.45, 2.75) is 63.8 Å². The molecule has 1 saturated heterocycles. The lowest BCUT2D eigenvalue weighted by Crippen LogP contribution is -2.40. The van der Waals surface area contributed by atoms with Gasteiger partial charge in [0.05, 0.1) is 0 Å². The Morgan fingerprint density at radius 1 is 1.14 bits per heavy atom. The molecule has 0 amide bonds. The average Bonchev–Trinajstić information content (AvgIpc) is 2.95. The Kier molecular flexibility index (Phi) is 7.80. The summed E-state index contributed by atoms with van der Waals surface area (Å²) in [4.78, 5) is 50.8. The number of esters is 3. The van der Waals surface area contributed by atoms with E-state index in [2.05, 4.69) is 4.98 Å². The van der Waals surface area contributed by atoms with Gasteiger partial charge in [-0.15, -0.1) is 0 Å². The van der Waals surface area contributed by atoms with E-state index in [4.69, 9.17) is 18.9 Å². The van der Waals surface area contributed by atoms with E-state index in [1.54, 1.807) is 17.0 Å². The second-order valence-corrected chi connectivity index (χ2v) is 7.11. The number of carbonyl (C=O) groups is 3. The molecule has 0 radical (unpaired) electrons. The first-order valence-corrected chi connectivity index (χ1v) is 10.2. The monoisotopic (exact) mass is 428 g/mol. The third kappa shape index (κ3) is 5.57. The topological polar surface area (TPSA) is 123 Å². The summed E-state index contributed by atoms with van der Waals surface area (Å²) in [7, 11) is 0. The Hall–Kier alpha value is -2.40. The van der Waals surface area contributed by atoms with Gasteiger partial charge in [-0.3, -0.25) is 23.7 Å². The molecular weight excluding hydrogens is 404 g/mol. The van der Waals surface area contributed by atoms with Crippen molar-refractivity contribution in [3.8, 4) is 0 Å². The van der Waals surface area contributed by atoms with Gasteiger partial charge in [-0.05, 0) is 12.7 Å². The van der Waals surface area contributed by atoms with E-state index >= 15 is 0 Å². The molecule has 0 spiro atoms. The lowest BCUT2D eigenvalue weighted by atomic mass is 10.1. The second-order valence-electron chi connectivity index (χ2n) is 6.33. The largest absolute Gasteiger partial charge is 0.463 e. The fourth-order valence-electron chi connectivity index (χ4n) is 2.99. The summed E-state index contributed by atoms with van der Waals surface area (Å²) >= 11 is 1.21. The van der Waals surface area contributed by atoms with Gasteiger partial charge in [0, 0.05) is 32.5 Å². The molecule has 1 fully saturated rings. The quantitative estimate of drug-likeness (QED) is 0.267. The van der Waals surface area contributed by atoms with Crippen molar-refractivity contribution < 1.29 is 33.3 Å². The molecule has 4 atom stereocenters. The Bertz CT molecular complexity index is 840. The minimum atomic E-state index is -1.03. The molecule has 0 aromatic carbocycles. The maximum absolute atomic E-state index is 12.1. The van der Waals surface area contributed by atoms with Crippen LogP contribution in [0, 0.1) is 0 Å². The molecule has 0 unspecified atom stereocenters. The fraction of sp³-hybridized carbons (Fsp3) is 0.611. The third-order valence-corrected chi connectivity index (χ3v) is 4.83. The molecule has 1 aliphatic rings. The van der Waals surface area contributed by atoms with Crippen LogP contribution in [0.4, 0.5) is 0 Å². The van der Waals surface area contributed by atoms with E-state index in [0.29, 0.717) is 17.1 Å². The van der Waals surface area contributed by atoms with E-state index in [9.17, 15) is 19.2 Å². The zero-order chi connectivity index (χ0) is 21.7. The average molecular weight is 428 g/mol. The maximum atomic E-state index is 12.1. The number of thioether (sulfide) groups is 1. The number of rotatable bonds is 7. The predicted molar refractivity (Wildman–Crippen MR) is 101 cm³/mol. The molecule has 0 N–H and O–H groups in total. The number of aryl methyl sites for hydroxylation is 1. The van der Waals surface area contributed by atoms with Gasteiger partial charge in [0.2, 0.25) is 0 Å². The molecule has 1 aliphatic heterocycles. The predicted octanol–water partition coefficient (Wildman–Crippen LogP) is 0.851. The van der Waals surface area contributed by atoms with Crippen molar-refractivity contribution in [1.82, 2.24) is 9.55 Å². The first-order valence-electron chi connectivity index (χ1n) is 8.97. The van der Waals surface area contributed by atoms with Gasteiger partial charge in [-0.25, -0.2) is 0 Å². The van der Waals surface area contributed by atoms with Gasteiger partial charge in [0.1, 0.15) is 12.7 Å². The zero-order valence-corrected chi connectivity index (χ0v) is 17.7. The van der Waals surface area contributed by atoms with Crippen LogP contribution < -0.4 is 5.56 Å². The molecule has 0 saturated carbocycles. The maximum Gasteiger partial charge on any atom is 0.303 e. The highest BCUT2D eigenvalue weighted by Crippen LogP contribution is 2.36. The van der Waals surface area contributed by atoms with E-state index in [-0.39, 0.29) is 12.2 Å². The van der Waals surface area contributed by atoms with Gasteiger partial charge >= 0.3 is 17.9 Å². The molecule has 10 nitrogen and oxygen atoms in total. The fourth-order valence-corrected chi connectivity index (χ4v) is 3.53. The Balaban J connectivity index is 2.52. The number of carbonyl (C=O) groups excluding carboxylic acids is 3. The van der Waals surface area contributed by atoms with Crippen LogP contribution in [0.1, 0.15) is 39.5 Å². The summed E-state index contributed by atoms with van der Waals surface area (Å²) in [6.45, 7) is 5.28. The SMILES string of the molecule is CCc1cn([C@@H]2O[C@H](COC(C)=O)[C@@H](OC(C)=O)[C@H]2OC(C)=O)c(SC)nc1=O. The third-order valence-electron chi connectivity index (χ3n) is 4.17. The van der Waals surface area contributed by atoms with Crippen molar-refractivity contribution in [2.75, 3.05) is 12.9 Å². The van der Waals surface area contributed by atoms with Gasteiger partial charge < -0.3 is 18.9 Å². The van der Waals surface area contributed by atoms with E-state index in [1.807, 2.05) is 6.92 Å². The van der Waals surface area contributed by atoms with Crippen molar-refractivity contribution in [3.63, 3.8) is 0 Å². The standard InChI is InChI=1S/C18H24N2O8S/c1-6-12-7-20(18(29-5)19-16(12)24)17-15(27-11(4)23)14(26-10(3)22)13(28-17)8-25-9(2)21/h7,13-15,17H,6,8H2,1-5H3/t13-,14-,15-,17-/m1/s1. The number of ether oxygens (including phenoxy) is 4. The minimum absolute atomic E-state index is 0.204. The van der Waals surface area contributed by atoms with Gasteiger partial charge in [-0.1, -0.05) is 18.7 Å². The second kappa shape index (κ2) is 9.88. The highest BCUT2D eigenvalue weighted by molar-refractivity contribution is 7.98. The Morgan fingerprint density at radius 2 is 1.76 bits per heavy atom. The summed E-state index contributed by atoms with van der Waals surface area (Å²) in [5.74, 6) is -1.75. The van der Waals surface area contributed by atoms with Crippen LogP contribution in [0.15, 0.2) is 16.1 Å². The molecule has 160 valence electrons. The number of hydrogen-bond acceptors (Lipinski definition) is 10. The molecule has 0 bridgehead atoms. The highest BCUT2D eigenvalue weighted by atomic mass is 32.2. The van der Waals surface area contributed by atoms with Crippen LogP contribution in [0.2, 0.25) is 0 Å². The van der Waals surface area contributed by atoms with Gasteiger partial charge in [-0.2, -0.15) is 4.98 Å². The Morgan fingerprint density at radius 3 is 2.28 bits per heavy atom. The normalized spacial score (nSPS) is 23.5. The van der Waals surface area contributed by atoms with Crippen LogP contribution in [-0.4, -0.2) is 58.6 Å². The lowest BCUT2D eigenvalue weighted by Gasteiger charge is -2.25. The molecule has 0 aliphatic carbocycles. The van der Waals surface area contributed by atoms with Gasteiger partial charge in [0.15, 0.2) is 23.6 Å². The Labute approximate surface area is 171 Å². The number of nitrogens with zero attached hydrogens (tertiary/aromatic N) is 2. The first kappa shape index (κ1) is 22.9.